The molecule has 3 heteroatoms. The first-order valence-corrected chi connectivity index (χ1v) is 12.4. The molecular weight excluding hydrogens is 387 g/mol. The zero-order valence-electron chi connectivity index (χ0n) is 18.3. The fourth-order valence-electron chi connectivity index (χ4n) is 4.65. The number of methoxy groups -OCH3 is 1. The van der Waals surface area contributed by atoms with Crippen molar-refractivity contribution in [2.45, 2.75) is 39.0 Å². The van der Waals surface area contributed by atoms with Crippen LogP contribution in [0.3, 0.4) is 0 Å². The average molecular weight is 417 g/mol. The van der Waals surface area contributed by atoms with Crippen molar-refractivity contribution >= 4 is 34.0 Å². The Labute approximate surface area is 179 Å². The fourth-order valence-corrected chi connectivity index (χ4v) is 7.84. The summed E-state index contributed by atoms with van der Waals surface area (Å²) in [4.78, 5) is 0. The van der Waals surface area contributed by atoms with E-state index in [1.165, 1.54) is 0 Å². The Bertz CT molecular complexity index is 1260. The van der Waals surface area contributed by atoms with Crippen LogP contribution in [0.1, 0.15) is 27.7 Å². The number of ether oxygens (including phenoxy) is 1. The van der Waals surface area contributed by atoms with Crippen molar-refractivity contribution in [3.8, 4) is 16.9 Å². The quantitative estimate of drug-likeness (QED) is 0.315. The lowest BCUT2D eigenvalue weighted by molar-refractivity contribution is 0.417. The van der Waals surface area contributed by atoms with Crippen molar-refractivity contribution < 1.29 is 9.30 Å². The van der Waals surface area contributed by atoms with Gasteiger partial charge in [0.2, 0.25) is 0 Å². The van der Waals surface area contributed by atoms with Gasteiger partial charge in [-0.1, -0.05) is 94.4 Å². The van der Waals surface area contributed by atoms with E-state index >= 15 is 0 Å². The van der Waals surface area contributed by atoms with Gasteiger partial charge in [-0.2, -0.15) is 0 Å². The third-order valence-electron chi connectivity index (χ3n) is 6.18. The second-order valence-corrected chi connectivity index (χ2v) is 12.4. The summed E-state index contributed by atoms with van der Waals surface area (Å²) in [6.45, 7) is 8.33. The number of hydrogen-bond acceptors (Lipinski definition) is 2. The molecule has 0 radical (unpaired) electrons. The van der Waals surface area contributed by atoms with Crippen LogP contribution < -0.4 is 10.0 Å². The molecule has 0 aliphatic rings. The van der Waals surface area contributed by atoms with E-state index in [9.17, 15) is 4.57 Å². The molecule has 0 spiro atoms. The van der Waals surface area contributed by atoms with E-state index in [1.807, 2.05) is 6.07 Å². The van der Waals surface area contributed by atoms with Crippen LogP contribution in [0.4, 0.5) is 0 Å². The van der Waals surface area contributed by atoms with Crippen molar-refractivity contribution in [2.24, 2.45) is 0 Å². The Morgan fingerprint density at radius 2 is 1.17 bits per heavy atom. The van der Waals surface area contributed by atoms with E-state index in [2.05, 4.69) is 94.4 Å². The Morgan fingerprint density at radius 3 is 1.70 bits per heavy atom. The summed E-state index contributed by atoms with van der Waals surface area (Å²) in [7, 11) is -0.976. The van der Waals surface area contributed by atoms with E-state index < -0.39 is 7.14 Å². The van der Waals surface area contributed by atoms with Crippen molar-refractivity contribution in [1.82, 2.24) is 0 Å². The van der Waals surface area contributed by atoms with Crippen molar-refractivity contribution in [1.29, 1.82) is 0 Å². The van der Waals surface area contributed by atoms with Crippen LogP contribution in [0.25, 0.3) is 32.7 Å². The molecule has 30 heavy (non-hydrogen) atoms. The lowest BCUT2D eigenvalue weighted by Gasteiger charge is -2.30. The molecule has 0 amide bonds. The van der Waals surface area contributed by atoms with E-state index in [0.29, 0.717) is 0 Å². The van der Waals surface area contributed by atoms with Gasteiger partial charge in [0.1, 0.15) is 12.9 Å². The molecule has 0 N–H and O–H groups in total. The molecule has 0 atom stereocenters. The molecule has 0 saturated carbocycles. The van der Waals surface area contributed by atoms with Gasteiger partial charge in [0.25, 0.3) is 0 Å². The number of hydrogen-bond donors (Lipinski definition) is 0. The second kappa shape index (κ2) is 7.93. The molecule has 4 rings (SSSR count). The molecule has 154 valence electrons. The Hall–Kier alpha value is -2.57. The molecule has 4 aromatic rings. The van der Waals surface area contributed by atoms with Gasteiger partial charge in [-0.3, -0.25) is 0 Å². The summed E-state index contributed by atoms with van der Waals surface area (Å²) in [5.74, 6) is 0.811. The monoisotopic (exact) mass is 416 g/mol. The second-order valence-electron chi connectivity index (χ2n) is 8.44. The maximum atomic E-state index is 14.5. The summed E-state index contributed by atoms with van der Waals surface area (Å²) in [5, 5.41) is 5.49. The SMILES string of the molecule is COc1ccc2ccccc2c1-c1c(P(=O)(C(C)C)C(C)C)ccc2ccccc12. The van der Waals surface area contributed by atoms with Gasteiger partial charge < -0.3 is 9.30 Å². The van der Waals surface area contributed by atoms with Crippen LogP contribution in [0.15, 0.2) is 72.8 Å². The van der Waals surface area contributed by atoms with E-state index in [0.717, 1.165) is 43.7 Å². The zero-order valence-corrected chi connectivity index (χ0v) is 19.2. The third kappa shape index (κ3) is 3.15. The van der Waals surface area contributed by atoms with Gasteiger partial charge in [-0.25, -0.2) is 0 Å². The molecule has 0 unspecified atom stereocenters. The Balaban J connectivity index is 2.25. The first-order valence-electron chi connectivity index (χ1n) is 10.6. The minimum absolute atomic E-state index is 0.0541. The molecule has 0 heterocycles. The molecule has 0 aliphatic carbocycles. The van der Waals surface area contributed by atoms with Gasteiger partial charge in [0, 0.05) is 27.7 Å². The van der Waals surface area contributed by atoms with E-state index in [4.69, 9.17) is 4.74 Å². The van der Waals surface area contributed by atoms with Gasteiger partial charge in [-0.15, -0.1) is 0 Å². The molecular formula is C27H29O2P. The summed E-state index contributed by atoms with van der Waals surface area (Å²) in [5.41, 5.74) is 2.19. The summed E-state index contributed by atoms with van der Waals surface area (Å²) in [6.07, 6.45) is 0. The molecule has 0 aliphatic heterocycles. The van der Waals surface area contributed by atoms with Crippen LogP contribution in [-0.2, 0) is 4.57 Å². The van der Waals surface area contributed by atoms with Crippen molar-refractivity contribution in [3.05, 3.63) is 72.8 Å². The molecule has 4 aromatic carbocycles. The third-order valence-corrected chi connectivity index (χ3v) is 10.4. The van der Waals surface area contributed by atoms with Crippen LogP contribution in [0.2, 0.25) is 0 Å². The maximum absolute atomic E-state index is 14.5. The van der Waals surface area contributed by atoms with Crippen LogP contribution in [0, 0.1) is 0 Å². The molecule has 2 nitrogen and oxygen atoms in total. The zero-order chi connectivity index (χ0) is 21.5. The molecule has 0 saturated heterocycles. The van der Waals surface area contributed by atoms with E-state index in [1.54, 1.807) is 7.11 Å². The summed E-state index contributed by atoms with van der Waals surface area (Å²) >= 11 is 0. The first-order chi connectivity index (χ1) is 14.4. The van der Waals surface area contributed by atoms with Crippen molar-refractivity contribution in [3.63, 3.8) is 0 Å². The highest BCUT2D eigenvalue weighted by atomic mass is 31.2. The van der Waals surface area contributed by atoms with Gasteiger partial charge in [-0.05, 0) is 27.6 Å². The average Bonchev–Trinajstić information content (AvgIpc) is 2.76. The topological polar surface area (TPSA) is 26.3 Å². The predicted molar refractivity (Wildman–Crippen MR) is 131 cm³/mol. The summed E-state index contributed by atoms with van der Waals surface area (Å²) < 4.78 is 20.4. The number of fused-ring (bicyclic) bond motifs is 2. The van der Waals surface area contributed by atoms with Gasteiger partial charge in [0.05, 0.1) is 7.11 Å². The maximum Gasteiger partial charge on any atom is 0.127 e. The smallest absolute Gasteiger partial charge is 0.127 e. The highest BCUT2D eigenvalue weighted by Crippen LogP contribution is 2.57. The molecule has 0 aromatic heterocycles. The van der Waals surface area contributed by atoms with Gasteiger partial charge in [0.15, 0.2) is 0 Å². The minimum Gasteiger partial charge on any atom is -0.496 e. The predicted octanol–water partition coefficient (Wildman–Crippen LogP) is 7.47. The van der Waals surface area contributed by atoms with E-state index in [-0.39, 0.29) is 11.3 Å². The van der Waals surface area contributed by atoms with Crippen molar-refractivity contribution in [2.75, 3.05) is 7.11 Å². The fraction of sp³-hybridized carbons (Fsp3) is 0.259. The number of benzene rings is 4. The lowest BCUT2D eigenvalue weighted by Crippen LogP contribution is -2.22. The number of rotatable bonds is 5. The molecule has 0 bridgehead atoms. The van der Waals surface area contributed by atoms with Crippen LogP contribution >= 0.6 is 7.14 Å². The van der Waals surface area contributed by atoms with Crippen LogP contribution in [-0.4, -0.2) is 18.4 Å². The Morgan fingerprint density at radius 1 is 0.667 bits per heavy atom. The highest BCUT2D eigenvalue weighted by molar-refractivity contribution is 7.73. The Kier molecular flexibility index (Phi) is 5.47. The molecule has 0 fully saturated rings. The lowest BCUT2D eigenvalue weighted by atomic mass is 9.93. The summed E-state index contributed by atoms with van der Waals surface area (Å²) in [6, 6.07) is 25.1. The highest BCUT2D eigenvalue weighted by Gasteiger charge is 2.36. The van der Waals surface area contributed by atoms with Crippen LogP contribution in [0.5, 0.6) is 5.75 Å². The first kappa shape index (κ1) is 20.7. The van der Waals surface area contributed by atoms with Gasteiger partial charge >= 0.3 is 0 Å². The largest absolute Gasteiger partial charge is 0.496 e. The normalized spacial score (nSPS) is 12.2. The minimum atomic E-state index is -2.69. The standard InChI is InChI=1S/C27H29O2P/c1-18(2)30(28,19(3)4)25-17-15-21-11-7-9-13-23(21)27(25)26-22-12-8-6-10-20(22)14-16-24(26)29-5/h6-19H,1-5H3.